The van der Waals surface area contributed by atoms with Gasteiger partial charge in [-0.05, 0) is 48.3 Å². The van der Waals surface area contributed by atoms with E-state index in [1.165, 1.54) is 18.5 Å². The standard InChI is InChI=1S/C21H23BrFN3O2/c1-4-5-6-7-26-12-17(22)14-8-16(18(23)9-15(14)20(26)27)19-24-10-13(11-25-19)21(2,3)28/h8-12,28H,4-7H2,1-3H3. The fourth-order valence-corrected chi connectivity index (χ4v) is 3.60. The number of aromatic nitrogens is 3. The van der Waals surface area contributed by atoms with Gasteiger partial charge in [0.2, 0.25) is 0 Å². The van der Waals surface area contributed by atoms with Crippen LogP contribution < -0.4 is 5.56 Å². The minimum absolute atomic E-state index is 0.200. The normalized spacial score (nSPS) is 11.9. The fourth-order valence-electron chi connectivity index (χ4n) is 3.02. The van der Waals surface area contributed by atoms with Gasteiger partial charge >= 0.3 is 0 Å². The Morgan fingerprint density at radius 3 is 2.46 bits per heavy atom. The Labute approximate surface area is 171 Å². The molecule has 0 amide bonds. The second kappa shape index (κ2) is 8.09. The molecule has 0 saturated carbocycles. The third-order valence-corrected chi connectivity index (χ3v) is 5.36. The Kier molecular flexibility index (Phi) is 5.95. The van der Waals surface area contributed by atoms with Gasteiger partial charge in [-0.1, -0.05) is 19.8 Å². The summed E-state index contributed by atoms with van der Waals surface area (Å²) in [7, 11) is 0. The first-order valence-corrected chi connectivity index (χ1v) is 10.1. The highest BCUT2D eigenvalue weighted by Gasteiger charge is 2.19. The van der Waals surface area contributed by atoms with Gasteiger partial charge in [0.1, 0.15) is 5.82 Å². The second-order valence-electron chi connectivity index (χ2n) is 7.41. The third-order valence-electron chi connectivity index (χ3n) is 4.73. The summed E-state index contributed by atoms with van der Waals surface area (Å²) in [5.41, 5.74) is -0.544. The number of hydrogen-bond acceptors (Lipinski definition) is 4. The number of halogens is 2. The van der Waals surface area contributed by atoms with E-state index in [4.69, 9.17) is 0 Å². The number of aliphatic hydroxyl groups is 1. The molecule has 0 atom stereocenters. The summed E-state index contributed by atoms with van der Waals surface area (Å²) < 4.78 is 17.1. The number of fused-ring (bicyclic) bond motifs is 1. The maximum absolute atomic E-state index is 14.8. The lowest BCUT2D eigenvalue weighted by Gasteiger charge is -2.16. The summed E-state index contributed by atoms with van der Waals surface area (Å²) in [5.74, 6) is -0.356. The van der Waals surface area contributed by atoms with Crippen LogP contribution >= 0.6 is 15.9 Å². The molecule has 0 spiro atoms. The van der Waals surface area contributed by atoms with Crippen LogP contribution in [0.5, 0.6) is 0 Å². The average Bonchev–Trinajstić information content (AvgIpc) is 2.65. The molecule has 0 unspecified atom stereocenters. The predicted molar refractivity (Wildman–Crippen MR) is 112 cm³/mol. The average molecular weight is 448 g/mol. The first-order valence-electron chi connectivity index (χ1n) is 9.30. The molecule has 3 aromatic rings. The SMILES string of the molecule is CCCCCn1cc(Br)c2cc(-c3ncc(C(C)(C)O)cn3)c(F)cc2c1=O. The zero-order chi connectivity index (χ0) is 20.5. The summed E-state index contributed by atoms with van der Waals surface area (Å²) in [5, 5.41) is 11.0. The molecule has 0 bridgehead atoms. The topological polar surface area (TPSA) is 68.0 Å². The molecule has 0 aliphatic rings. The van der Waals surface area contributed by atoms with Gasteiger partial charge in [0.05, 0.1) is 16.6 Å². The lowest BCUT2D eigenvalue weighted by atomic mass is 10.0. The minimum atomic E-state index is -1.08. The highest BCUT2D eigenvalue weighted by atomic mass is 79.9. The molecule has 0 radical (unpaired) electrons. The van der Waals surface area contributed by atoms with Crippen molar-refractivity contribution in [2.45, 2.75) is 52.2 Å². The molecule has 7 heteroatoms. The molecule has 1 aromatic carbocycles. The lowest BCUT2D eigenvalue weighted by molar-refractivity contribution is 0.0778. The van der Waals surface area contributed by atoms with E-state index in [0.29, 0.717) is 27.4 Å². The number of nitrogens with zero attached hydrogens (tertiary/aromatic N) is 3. The van der Waals surface area contributed by atoms with E-state index in [1.54, 1.807) is 30.7 Å². The van der Waals surface area contributed by atoms with Crippen molar-refractivity contribution < 1.29 is 9.50 Å². The quantitative estimate of drug-likeness (QED) is 0.552. The number of benzene rings is 1. The number of rotatable bonds is 6. The third kappa shape index (κ3) is 4.15. The van der Waals surface area contributed by atoms with Crippen molar-refractivity contribution >= 4 is 26.7 Å². The van der Waals surface area contributed by atoms with Gasteiger partial charge in [0, 0.05) is 40.6 Å². The minimum Gasteiger partial charge on any atom is -0.386 e. The summed E-state index contributed by atoms with van der Waals surface area (Å²) in [4.78, 5) is 21.1. The van der Waals surface area contributed by atoms with Gasteiger partial charge in [-0.2, -0.15) is 0 Å². The van der Waals surface area contributed by atoms with Gasteiger partial charge in [0.25, 0.3) is 5.56 Å². The molecule has 3 rings (SSSR count). The van der Waals surface area contributed by atoms with Crippen molar-refractivity contribution in [3.63, 3.8) is 0 Å². The molecule has 1 N–H and O–H groups in total. The summed E-state index contributed by atoms with van der Waals surface area (Å²) in [6, 6.07) is 2.84. The summed E-state index contributed by atoms with van der Waals surface area (Å²) in [6.45, 7) is 5.97. The van der Waals surface area contributed by atoms with E-state index in [9.17, 15) is 14.3 Å². The zero-order valence-corrected chi connectivity index (χ0v) is 17.8. The van der Waals surface area contributed by atoms with Crippen molar-refractivity contribution in [1.82, 2.24) is 14.5 Å². The number of unbranched alkanes of at least 4 members (excludes halogenated alkanes) is 2. The molecule has 0 fully saturated rings. The summed E-state index contributed by atoms with van der Waals surface area (Å²) in [6.07, 6.45) is 7.71. The monoisotopic (exact) mass is 447 g/mol. The molecule has 2 aromatic heterocycles. The molecule has 148 valence electrons. The van der Waals surface area contributed by atoms with E-state index in [2.05, 4.69) is 32.8 Å². The predicted octanol–water partition coefficient (Wildman–Crippen LogP) is 4.78. The van der Waals surface area contributed by atoms with E-state index in [0.717, 1.165) is 19.3 Å². The number of aryl methyl sites for hydroxylation is 1. The van der Waals surface area contributed by atoms with Crippen LogP contribution in [0.4, 0.5) is 4.39 Å². The zero-order valence-electron chi connectivity index (χ0n) is 16.2. The largest absolute Gasteiger partial charge is 0.386 e. The maximum Gasteiger partial charge on any atom is 0.258 e. The molecular weight excluding hydrogens is 425 g/mol. The second-order valence-corrected chi connectivity index (χ2v) is 8.27. The van der Waals surface area contributed by atoms with Crippen LogP contribution in [0.15, 0.2) is 40.0 Å². The smallest absolute Gasteiger partial charge is 0.258 e. The van der Waals surface area contributed by atoms with E-state index in [-0.39, 0.29) is 16.9 Å². The van der Waals surface area contributed by atoms with Crippen LogP contribution in [0.1, 0.15) is 45.6 Å². The molecule has 5 nitrogen and oxygen atoms in total. The van der Waals surface area contributed by atoms with Crippen LogP contribution in [0.2, 0.25) is 0 Å². The highest BCUT2D eigenvalue weighted by molar-refractivity contribution is 9.10. The van der Waals surface area contributed by atoms with Crippen molar-refractivity contribution in [3.8, 4) is 11.4 Å². The Bertz CT molecular complexity index is 1060. The molecule has 2 heterocycles. The van der Waals surface area contributed by atoms with Crippen LogP contribution in [-0.4, -0.2) is 19.6 Å². The Morgan fingerprint density at radius 1 is 1.18 bits per heavy atom. The van der Waals surface area contributed by atoms with Crippen LogP contribution in [0, 0.1) is 5.82 Å². The van der Waals surface area contributed by atoms with Crippen LogP contribution in [0.3, 0.4) is 0 Å². The number of pyridine rings is 1. The Morgan fingerprint density at radius 2 is 1.86 bits per heavy atom. The van der Waals surface area contributed by atoms with Gasteiger partial charge in [-0.15, -0.1) is 0 Å². The lowest BCUT2D eigenvalue weighted by Crippen LogP contribution is -2.20. The van der Waals surface area contributed by atoms with Crippen molar-refractivity contribution in [3.05, 3.63) is 56.9 Å². The first-order chi connectivity index (χ1) is 13.2. The van der Waals surface area contributed by atoms with Gasteiger partial charge in [-0.3, -0.25) is 4.79 Å². The molecule has 0 aliphatic heterocycles. The van der Waals surface area contributed by atoms with Gasteiger partial charge in [-0.25, -0.2) is 14.4 Å². The van der Waals surface area contributed by atoms with Crippen molar-refractivity contribution in [1.29, 1.82) is 0 Å². The Balaban J connectivity index is 2.07. The molecular formula is C21H23BrFN3O2. The molecule has 0 saturated heterocycles. The van der Waals surface area contributed by atoms with Crippen LogP contribution in [-0.2, 0) is 12.1 Å². The highest BCUT2D eigenvalue weighted by Crippen LogP contribution is 2.29. The molecule has 0 aliphatic carbocycles. The van der Waals surface area contributed by atoms with E-state index < -0.39 is 11.4 Å². The molecule has 28 heavy (non-hydrogen) atoms. The van der Waals surface area contributed by atoms with Crippen molar-refractivity contribution in [2.24, 2.45) is 0 Å². The fraction of sp³-hybridized carbons (Fsp3) is 0.381. The van der Waals surface area contributed by atoms with Gasteiger partial charge in [0.15, 0.2) is 5.82 Å². The Hall–Kier alpha value is -2.12. The number of hydrogen-bond donors (Lipinski definition) is 1. The maximum atomic E-state index is 14.8. The van der Waals surface area contributed by atoms with Gasteiger partial charge < -0.3 is 9.67 Å². The van der Waals surface area contributed by atoms with Crippen LogP contribution in [0.25, 0.3) is 22.2 Å². The van der Waals surface area contributed by atoms with E-state index in [1.807, 2.05) is 0 Å². The summed E-state index contributed by atoms with van der Waals surface area (Å²) >= 11 is 3.50. The first kappa shape index (κ1) is 20.6. The van der Waals surface area contributed by atoms with Crippen molar-refractivity contribution in [2.75, 3.05) is 0 Å². The van der Waals surface area contributed by atoms with E-state index >= 15 is 0 Å².